The van der Waals surface area contributed by atoms with Gasteiger partial charge in [0.15, 0.2) is 0 Å². The van der Waals surface area contributed by atoms with E-state index in [0.29, 0.717) is 0 Å². The van der Waals surface area contributed by atoms with Crippen LogP contribution < -0.4 is 5.32 Å². The molecule has 0 spiro atoms. The zero-order valence-electron chi connectivity index (χ0n) is 11.1. The number of carbonyl (C=O) groups excluding carboxylic acids is 1. The smallest absolute Gasteiger partial charge is 0.239 e. The molecular formula is C13H23N3O2. The highest BCUT2D eigenvalue weighted by atomic mass is 16.5. The molecule has 2 unspecified atom stereocenters. The standard InChI is InChI=1S/C13H23N3O2/c1-3-4-15-5-7-16(8-6-15)13(17)12-9-11(18-2)10-14-12/h3,11-12,14H,1,4-10H2,2H3. The van der Waals surface area contributed by atoms with Crippen molar-refractivity contribution in [3.8, 4) is 0 Å². The molecule has 0 aromatic heterocycles. The number of ether oxygens (including phenoxy) is 1. The van der Waals surface area contributed by atoms with Crippen molar-refractivity contribution in [1.82, 2.24) is 15.1 Å². The Balaban J connectivity index is 1.79. The fourth-order valence-electron chi connectivity index (χ4n) is 2.62. The van der Waals surface area contributed by atoms with E-state index in [0.717, 1.165) is 45.7 Å². The van der Waals surface area contributed by atoms with Gasteiger partial charge in [-0.3, -0.25) is 9.69 Å². The maximum absolute atomic E-state index is 12.3. The lowest BCUT2D eigenvalue weighted by Crippen LogP contribution is -2.52. The van der Waals surface area contributed by atoms with Crippen molar-refractivity contribution in [2.45, 2.75) is 18.6 Å². The topological polar surface area (TPSA) is 44.8 Å². The molecule has 0 aliphatic carbocycles. The number of piperazine rings is 1. The zero-order chi connectivity index (χ0) is 13.0. The van der Waals surface area contributed by atoms with E-state index in [-0.39, 0.29) is 18.1 Å². The molecule has 18 heavy (non-hydrogen) atoms. The van der Waals surface area contributed by atoms with Gasteiger partial charge in [-0.05, 0) is 6.42 Å². The summed E-state index contributed by atoms with van der Waals surface area (Å²) >= 11 is 0. The molecule has 5 nitrogen and oxygen atoms in total. The number of carbonyl (C=O) groups is 1. The Hall–Kier alpha value is -0.910. The van der Waals surface area contributed by atoms with E-state index in [1.165, 1.54) is 0 Å². The van der Waals surface area contributed by atoms with Crippen molar-refractivity contribution in [3.63, 3.8) is 0 Å². The van der Waals surface area contributed by atoms with Crippen LogP contribution in [-0.2, 0) is 9.53 Å². The molecule has 2 aliphatic rings. The Labute approximate surface area is 109 Å². The zero-order valence-corrected chi connectivity index (χ0v) is 11.1. The Morgan fingerprint density at radius 1 is 1.44 bits per heavy atom. The van der Waals surface area contributed by atoms with Gasteiger partial charge in [-0.1, -0.05) is 6.08 Å². The van der Waals surface area contributed by atoms with Crippen LogP contribution in [0.25, 0.3) is 0 Å². The highest BCUT2D eigenvalue weighted by Crippen LogP contribution is 2.13. The third kappa shape index (κ3) is 3.10. The van der Waals surface area contributed by atoms with Crippen LogP contribution in [0.4, 0.5) is 0 Å². The summed E-state index contributed by atoms with van der Waals surface area (Å²) in [5.74, 6) is 0.229. The molecule has 1 N–H and O–H groups in total. The van der Waals surface area contributed by atoms with Crippen LogP contribution in [0.2, 0.25) is 0 Å². The summed E-state index contributed by atoms with van der Waals surface area (Å²) in [6.45, 7) is 8.97. The quantitative estimate of drug-likeness (QED) is 0.698. The summed E-state index contributed by atoms with van der Waals surface area (Å²) < 4.78 is 5.28. The minimum atomic E-state index is -0.0547. The molecule has 2 saturated heterocycles. The lowest BCUT2D eigenvalue weighted by Gasteiger charge is -2.35. The number of nitrogens with one attached hydrogen (secondary N) is 1. The first-order chi connectivity index (χ1) is 8.74. The van der Waals surface area contributed by atoms with Gasteiger partial charge < -0.3 is 15.0 Å². The van der Waals surface area contributed by atoms with Crippen molar-refractivity contribution < 1.29 is 9.53 Å². The number of hydrogen-bond acceptors (Lipinski definition) is 4. The highest BCUT2D eigenvalue weighted by molar-refractivity contribution is 5.82. The fraction of sp³-hybridized carbons (Fsp3) is 0.769. The summed E-state index contributed by atoms with van der Waals surface area (Å²) in [6.07, 6.45) is 2.89. The van der Waals surface area contributed by atoms with E-state index in [2.05, 4.69) is 16.8 Å². The van der Waals surface area contributed by atoms with E-state index in [1.54, 1.807) is 7.11 Å². The van der Waals surface area contributed by atoms with Crippen LogP contribution in [0.1, 0.15) is 6.42 Å². The van der Waals surface area contributed by atoms with E-state index in [1.807, 2.05) is 11.0 Å². The van der Waals surface area contributed by atoms with Gasteiger partial charge in [0.05, 0.1) is 12.1 Å². The van der Waals surface area contributed by atoms with Gasteiger partial charge in [-0.2, -0.15) is 0 Å². The first-order valence-corrected chi connectivity index (χ1v) is 6.62. The minimum absolute atomic E-state index is 0.0547. The Bertz CT molecular complexity index is 301. The number of methoxy groups -OCH3 is 1. The molecule has 2 rings (SSSR count). The molecule has 0 bridgehead atoms. The molecular weight excluding hydrogens is 230 g/mol. The number of nitrogens with zero attached hydrogens (tertiary/aromatic N) is 2. The summed E-state index contributed by atoms with van der Waals surface area (Å²) in [5.41, 5.74) is 0. The van der Waals surface area contributed by atoms with Gasteiger partial charge in [0, 0.05) is 46.4 Å². The van der Waals surface area contributed by atoms with Gasteiger partial charge >= 0.3 is 0 Å². The molecule has 2 aliphatic heterocycles. The molecule has 0 radical (unpaired) electrons. The van der Waals surface area contributed by atoms with Crippen LogP contribution in [-0.4, -0.2) is 74.2 Å². The summed E-state index contributed by atoms with van der Waals surface area (Å²) in [6, 6.07) is -0.0547. The van der Waals surface area contributed by atoms with Crippen LogP contribution in [0.5, 0.6) is 0 Å². The molecule has 2 atom stereocenters. The number of hydrogen-bond donors (Lipinski definition) is 1. The third-order valence-corrected chi connectivity index (χ3v) is 3.79. The average Bonchev–Trinajstić information content (AvgIpc) is 2.88. The minimum Gasteiger partial charge on any atom is -0.380 e. The van der Waals surface area contributed by atoms with Crippen molar-refractivity contribution in [3.05, 3.63) is 12.7 Å². The average molecular weight is 253 g/mol. The molecule has 0 saturated carbocycles. The van der Waals surface area contributed by atoms with E-state index >= 15 is 0 Å². The monoisotopic (exact) mass is 253 g/mol. The van der Waals surface area contributed by atoms with E-state index in [9.17, 15) is 4.79 Å². The largest absolute Gasteiger partial charge is 0.380 e. The van der Waals surface area contributed by atoms with Crippen LogP contribution in [0.15, 0.2) is 12.7 Å². The second-order valence-electron chi connectivity index (χ2n) is 4.97. The molecule has 1 amide bonds. The fourth-order valence-corrected chi connectivity index (χ4v) is 2.62. The van der Waals surface area contributed by atoms with Gasteiger partial charge in [0.25, 0.3) is 0 Å². The maximum atomic E-state index is 12.3. The predicted octanol–water partition coefficient (Wildman–Crippen LogP) is -0.306. The molecule has 2 fully saturated rings. The molecule has 5 heteroatoms. The maximum Gasteiger partial charge on any atom is 0.239 e. The number of rotatable bonds is 4. The van der Waals surface area contributed by atoms with Crippen molar-refractivity contribution >= 4 is 5.91 Å². The van der Waals surface area contributed by atoms with Crippen LogP contribution >= 0.6 is 0 Å². The Morgan fingerprint density at radius 2 is 2.17 bits per heavy atom. The first-order valence-electron chi connectivity index (χ1n) is 6.62. The lowest BCUT2D eigenvalue weighted by molar-refractivity contribution is -0.134. The lowest BCUT2D eigenvalue weighted by atomic mass is 10.1. The first kappa shape index (κ1) is 13.5. The highest BCUT2D eigenvalue weighted by Gasteiger charge is 2.33. The number of amides is 1. The van der Waals surface area contributed by atoms with E-state index in [4.69, 9.17) is 4.74 Å². The van der Waals surface area contributed by atoms with Gasteiger partial charge in [-0.25, -0.2) is 0 Å². The Morgan fingerprint density at radius 3 is 2.72 bits per heavy atom. The second-order valence-corrected chi connectivity index (χ2v) is 4.97. The second kappa shape index (κ2) is 6.31. The summed E-state index contributed by atoms with van der Waals surface area (Å²) in [4.78, 5) is 16.6. The Kier molecular flexibility index (Phi) is 4.74. The van der Waals surface area contributed by atoms with Crippen molar-refractivity contribution in [1.29, 1.82) is 0 Å². The molecule has 0 aromatic rings. The van der Waals surface area contributed by atoms with Gasteiger partial charge in [0.2, 0.25) is 5.91 Å². The third-order valence-electron chi connectivity index (χ3n) is 3.79. The van der Waals surface area contributed by atoms with E-state index < -0.39 is 0 Å². The van der Waals surface area contributed by atoms with Crippen molar-refractivity contribution in [2.75, 3.05) is 46.4 Å². The normalized spacial score (nSPS) is 29.5. The SMILES string of the molecule is C=CCN1CCN(C(=O)C2CC(OC)CN2)CC1. The van der Waals surface area contributed by atoms with Crippen molar-refractivity contribution in [2.24, 2.45) is 0 Å². The molecule has 0 aromatic carbocycles. The summed E-state index contributed by atoms with van der Waals surface area (Å²) in [5, 5.41) is 3.25. The molecule has 102 valence electrons. The van der Waals surface area contributed by atoms with Gasteiger partial charge in [0.1, 0.15) is 0 Å². The van der Waals surface area contributed by atoms with Gasteiger partial charge in [-0.15, -0.1) is 6.58 Å². The van der Waals surface area contributed by atoms with Crippen LogP contribution in [0.3, 0.4) is 0 Å². The van der Waals surface area contributed by atoms with Crippen LogP contribution in [0, 0.1) is 0 Å². The predicted molar refractivity (Wildman–Crippen MR) is 70.4 cm³/mol. The summed E-state index contributed by atoms with van der Waals surface area (Å²) in [7, 11) is 1.70. The molecule has 2 heterocycles.